The molecule has 1 aromatic carbocycles. The number of rotatable bonds is 4. The van der Waals surface area contributed by atoms with Crippen LogP contribution in [0.25, 0.3) is 0 Å². The molecule has 5 rings (SSSR count). The molecule has 3 aromatic rings. The van der Waals surface area contributed by atoms with Crippen LogP contribution in [-0.2, 0) is 11.2 Å². The van der Waals surface area contributed by atoms with E-state index in [4.69, 9.17) is 4.42 Å². The highest BCUT2D eigenvalue weighted by atomic mass is 16.4. The van der Waals surface area contributed by atoms with Gasteiger partial charge in [0.1, 0.15) is 6.04 Å². The summed E-state index contributed by atoms with van der Waals surface area (Å²) in [5.74, 6) is 0.0463. The second kappa shape index (κ2) is 6.77. The predicted octanol–water partition coefficient (Wildman–Crippen LogP) is 1.33. The van der Waals surface area contributed by atoms with Crippen molar-refractivity contribution in [2.24, 2.45) is 5.92 Å². The van der Waals surface area contributed by atoms with E-state index in [2.05, 4.69) is 25.5 Å². The first-order valence-corrected chi connectivity index (χ1v) is 9.37. The van der Waals surface area contributed by atoms with E-state index in [1.54, 1.807) is 19.4 Å². The highest BCUT2D eigenvalue weighted by Crippen LogP contribution is 2.53. The molecule has 0 radical (unpaired) electrons. The molecule has 2 aromatic heterocycles. The molecule has 1 aliphatic heterocycles. The van der Waals surface area contributed by atoms with Gasteiger partial charge in [-0.2, -0.15) is 0 Å². The molecular weight excluding hydrogens is 372 g/mol. The summed E-state index contributed by atoms with van der Waals surface area (Å²) in [5.41, 5.74) is 1.80. The summed E-state index contributed by atoms with van der Waals surface area (Å²) in [6.07, 6.45) is 4.40. The van der Waals surface area contributed by atoms with Gasteiger partial charge < -0.3 is 9.73 Å². The molecule has 146 valence electrons. The Balaban J connectivity index is 1.32. The van der Waals surface area contributed by atoms with Gasteiger partial charge in [0.15, 0.2) is 5.82 Å². The van der Waals surface area contributed by atoms with Crippen molar-refractivity contribution in [3.05, 3.63) is 65.8 Å². The SMILES string of the molecule is CN1C(=O)[C@H](NC(=O)c2nnc(Cc3ccccc3)o2)[C@@H]2C[C@@H]2c2nccnc21. The van der Waals surface area contributed by atoms with Gasteiger partial charge >= 0.3 is 11.8 Å². The Morgan fingerprint density at radius 1 is 1.21 bits per heavy atom. The third kappa shape index (κ3) is 3.14. The van der Waals surface area contributed by atoms with Crippen LogP contribution in [-0.4, -0.2) is 45.1 Å². The molecule has 0 bridgehead atoms. The topological polar surface area (TPSA) is 114 Å². The Morgan fingerprint density at radius 3 is 2.83 bits per heavy atom. The first-order chi connectivity index (χ1) is 14.1. The zero-order valence-electron chi connectivity index (χ0n) is 15.6. The van der Waals surface area contributed by atoms with Gasteiger partial charge in [0, 0.05) is 25.4 Å². The normalized spacial score (nSPS) is 22.4. The zero-order valence-corrected chi connectivity index (χ0v) is 15.6. The minimum absolute atomic E-state index is 0.0152. The summed E-state index contributed by atoms with van der Waals surface area (Å²) < 4.78 is 5.51. The van der Waals surface area contributed by atoms with Crippen molar-refractivity contribution in [1.82, 2.24) is 25.5 Å². The maximum absolute atomic E-state index is 12.9. The van der Waals surface area contributed by atoms with E-state index in [0.717, 1.165) is 17.7 Å². The van der Waals surface area contributed by atoms with Crippen molar-refractivity contribution < 1.29 is 14.0 Å². The lowest BCUT2D eigenvalue weighted by atomic mass is 10.1. The van der Waals surface area contributed by atoms with Crippen LogP contribution in [0, 0.1) is 5.92 Å². The van der Waals surface area contributed by atoms with E-state index in [-0.39, 0.29) is 23.6 Å². The number of aromatic nitrogens is 4. The van der Waals surface area contributed by atoms with E-state index >= 15 is 0 Å². The average Bonchev–Trinajstić information content (AvgIpc) is 3.41. The van der Waals surface area contributed by atoms with Crippen LogP contribution < -0.4 is 10.2 Å². The Labute approximate surface area is 166 Å². The van der Waals surface area contributed by atoms with Crippen LogP contribution in [0.5, 0.6) is 0 Å². The van der Waals surface area contributed by atoms with Crippen molar-refractivity contribution >= 4 is 17.6 Å². The number of hydrogen-bond acceptors (Lipinski definition) is 7. The number of hydrogen-bond donors (Lipinski definition) is 1. The molecule has 0 spiro atoms. The van der Waals surface area contributed by atoms with E-state index in [9.17, 15) is 9.59 Å². The highest BCUT2D eigenvalue weighted by molar-refractivity contribution is 6.02. The number of fused-ring (bicyclic) bond motifs is 3. The number of anilines is 1. The van der Waals surface area contributed by atoms with Crippen molar-refractivity contribution in [3.63, 3.8) is 0 Å². The maximum atomic E-state index is 12.9. The molecule has 29 heavy (non-hydrogen) atoms. The van der Waals surface area contributed by atoms with Crippen LogP contribution in [0.1, 0.15) is 40.2 Å². The van der Waals surface area contributed by atoms with E-state index < -0.39 is 11.9 Å². The number of amides is 2. The number of likely N-dealkylation sites (N-methyl/N-ethyl adjacent to an activating group) is 1. The zero-order chi connectivity index (χ0) is 20.0. The number of nitrogens with one attached hydrogen (secondary N) is 1. The van der Waals surface area contributed by atoms with E-state index in [0.29, 0.717) is 18.1 Å². The molecule has 2 aliphatic rings. The highest BCUT2D eigenvalue weighted by Gasteiger charge is 2.53. The first-order valence-electron chi connectivity index (χ1n) is 9.37. The molecule has 3 atom stereocenters. The van der Waals surface area contributed by atoms with Gasteiger partial charge in [-0.25, -0.2) is 4.98 Å². The summed E-state index contributed by atoms with van der Waals surface area (Å²) in [7, 11) is 1.64. The average molecular weight is 390 g/mol. The van der Waals surface area contributed by atoms with Gasteiger partial charge in [0.25, 0.3) is 5.91 Å². The molecule has 0 unspecified atom stereocenters. The van der Waals surface area contributed by atoms with Gasteiger partial charge in [0.05, 0.1) is 12.1 Å². The Hall–Kier alpha value is -3.62. The van der Waals surface area contributed by atoms with Crippen molar-refractivity contribution in [2.45, 2.75) is 24.8 Å². The summed E-state index contributed by atoms with van der Waals surface area (Å²) >= 11 is 0. The summed E-state index contributed by atoms with van der Waals surface area (Å²) in [6.45, 7) is 0. The Bertz CT molecular complexity index is 1080. The van der Waals surface area contributed by atoms with Crippen molar-refractivity contribution in [3.8, 4) is 0 Å². The lowest BCUT2D eigenvalue weighted by Gasteiger charge is -2.21. The number of nitrogens with zero attached hydrogens (tertiary/aromatic N) is 5. The molecule has 9 heteroatoms. The van der Waals surface area contributed by atoms with Gasteiger partial charge in [-0.05, 0) is 17.9 Å². The number of carbonyl (C=O) groups is 2. The predicted molar refractivity (Wildman–Crippen MR) is 101 cm³/mol. The lowest BCUT2D eigenvalue weighted by molar-refractivity contribution is -0.120. The van der Waals surface area contributed by atoms with Crippen LogP contribution in [0.3, 0.4) is 0 Å². The Kier molecular flexibility index (Phi) is 4.08. The molecule has 2 amide bonds. The monoisotopic (exact) mass is 390 g/mol. The molecule has 1 N–H and O–H groups in total. The maximum Gasteiger partial charge on any atom is 0.309 e. The second-order valence-corrected chi connectivity index (χ2v) is 7.28. The summed E-state index contributed by atoms with van der Waals surface area (Å²) in [5, 5.41) is 10.6. The lowest BCUT2D eigenvalue weighted by Crippen LogP contribution is -2.48. The van der Waals surface area contributed by atoms with E-state index in [1.165, 1.54) is 4.90 Å². The van der Waals surface area contributed by atoms with Crippen LogP contribution in [0.15, 0.2) is 47.1 Å². The third-order valence-corrected chi connectivity index (χ3v) is 5.39. The minimum Gasteiger partial charge on any atom is -0.417 e. The fraction of sp³-hybridized carbons (Fsp3) is 0.300. The molecule has 1 aliphatic carbocycles. The molecule has 1 saturated carbocycles. The third-order valence-electron chi connectivity index (χ3n) is 5.39. The molecular formula is C20H18N6O3. The fourth-order valence-electron chi connectivity index (χ4n) is 3.81. The van der Waals surface area contributed by atoms with Gasteiger partial charge in [-0.1, -0.05) is 30.3 Å². The van der Waals surface area contributed by atoms with Crippen LogP contribution in [0.2, 0.25) is 0 Å². The molecule has 3 heterocycles. The van der Waals surface area contributed by atoms with Crippen molar-refractivity contribution in [2.75, 3.05) is 11.9 Å². The van der Waals surface area contributed by atoms with Gasteiger partial charge in [0.2, 0.25) is 5.89 Å². The van der Waals surface area contributed by atoms with Gasteiger partial charge in [-0.15, -0.1) is 10.2 Å². The molecule has 0 saturated heterocycles. The smallest absolute Gasteiger partial charge is 0.309 e. The molecule has 9 nitrogen and oxygen atoms in total. The van der Waals surface area contributed by atoms with E-state index in [1.807, 2.05) is 30.3 Å². The summed E-state index contributed by atoms with van der Waals surface area (Å²) in [6, 6.07) is 8.96. The van der Waals surface area contributed by atoms with Crippen LogP contribution >= 0.6 is 0 Å². The quantitative estimate of drug-likeness (QED) is 0.715. The van der Waals surface area contributed by atoms with Gasteiger partial charge in [-0.3, -0.25) is 19.5 Å². The number of carbonyl (C=O) groups excluding carboxylic acids is 2. The standard InChI is InChI=1S/C20H18N6O3/c1-26-17-15(21-7-8-22-17)12-10-13(12)16(20(26)28)23-18(27)19-25-24-14(29-19)9-11-5-3-2-4-6-11/h2-8,12-13,16H,9-10H2,1H3,(H,23,27)/t12-,13+,16+/m0/s1. The van der Waals surface area contributed by atoms with Crippen molar-refractivity contribution in [1.29, 1.82) is 0 Å². The minimum atomic E-state index is -0.682. The Morgan fingerprint density at radius 2 is 2.00 bits per heavy atom. The largest absolute Gasteiger partial charge is 0.417 e. The summed E-state index contributed by atoms with van der Waals surface area (Å²) in [4.78, 5) is 35.7. The second-order valence-electron chi connectivity index (χ2n) is 7.28. The molecule has 1 fully saturated rings. The van der Waals surface area contributed by atoms with Crippen LogP contribution in [0.4, 0.5) is 5.82 Å². The number of benzene rings is 1. The first kappa shape index (κ1) is 17.5. The fourth-order valence-corrected chi connectivity index (χ4v) is 3.81.